The van der Waals surface area contributed by atoms with Gasteiger partial charge in [-0.1, -0.05) is 30.3 Å². The lowest BCUT2D eigenvalue weighted by molar-refractivity contribution is -0.165. The normalized spacial score (nSPS) is 23.2. The van der Waals surface area contributed by atoms with Gasteiger partial charge in [0.25, 0.3) is 6.43 Å². The van der Waals surface area contributed by atoms with Crippen LogP contribution < -0.4 is 4.74 Å². The molecule has 0 saturated carbocycles. The van der Waals surface area contributed by atoms with Crippen molar-refractivity contribution in [3.8, 4) is 11.5 Å². The number of alkyl halides is 2. The van der Waals surface area contributed by atoms with Gasteiger partial charge in [0.1, 0.15) is 12.7 Å². The number of halogens is 2. The number of benzene rings is 1. The molecule has 8 nitrogen and oxygen atoms in total. The first-order valence-electron chi connectivity index (χ1n) is 11.3. The smallest absolute Gasteiger partial charge is 0.312 e. The summed E-state index contributed by atoms with van der Waals surface area (Å²) in [5.74, 6) is -3.02. The Labute approximate surface area is 202 Å². The molecule has 0 bridgehead atoms. The molecule has 1 aromatic heterocycles. The number of hydrogen-bond acceptors (Lipinski definition) is 8. The van der Waals surface area contributed by atoms with Crippen LogP contribution >= 0.6 is 0 Å². The minimum atomic E-state index is -2.68. The number of aromatic nitrogens is 1. The molecule has 1 aliphatic heterocycles. The van der Waals surface area contributed by atoms with E-state index in [4.69, 9.17) is 18.9 Å². The first kappa shape index (κ1) is 26.5. The first-order chi connectivity index (χ1) is 16.8. The van der Waals surface area contributed by atoms with Gasteiger partial charge in [0, 0.05) is 24.6 Å². The van der Waals surface area contributed by atoms with Gasteiger partial charge in [-0.2, -0.15) is 0 Å². The minimum Gasteiger partial charge on any atom is -0.503 e. The van der Waals surface area contributed by atoms with Crippen LogP contribution in [-0.4, -0.2) is 67.4 Å². The van der Waals surface area contributed by atoms with Gasteiger partial charge in [0.15, 0.2) is 23.0 Å². The molecule has 0 radical (unpaired) electrons. The molecule has 1 saturated heterocycles. The van der Waals surface area contributed by atoms with Crippen LogP contribution in [0.25, 0.3) is 0 Å². The van der Waals surface area contributed by atoms with Crippen molar-refractivity contribution < 1.29 is 42.4 Å². The molecular formula is C25H29F2NO7. The van der Waals surface area contributed by atoms with Gasteiger partial charge in [-0.25, -0.2) is 13.8 Å². The zero-order valence-corrected chi connectivity index (χ0v) is 19.6. The number of nitrogens with zero attached hydrogens (tertiary/aromatic N) is 1. The highest BCUT2D eigenvalue weighted by atomic mass is 19.3. The van der Waals surface area contributed by atoms with Crippen LogP contribution in [0.2, 0.25) is 0 Å². The molecule has 1 aromatic carbocycles. The number of ketones is 1. The standard InChI is InChI=1S/C25H29F2NO7/c1-15-24(34-14-21(26)27)17(10-16-6-4-3-5-7-16)12-33-13-18(25(31)35-15)11-19(29)22-23(30)20(32-2)8-9-28-22/h3-9,15,17-18,21,24,30H,10-14H2,1-2H3/t15-,17-,18-,24-/m0/s1. The lowest BCUT2D eigenvalue weighted by Gasteiger charge is -2.30. The van der Waals surface area contributed by atoms with Crippen LogP contribution in [-0.2, 0) is 25.4 Å². The van der Waals surface area contributed by atoms with Crippen molar-refractivity contribution >= 4 is 11.8 Å². The molecule has 0 amide bonds. The van der Waals surface area contributed by atoms with E-state index in [1.807, 2.05) is 30.3 Å². The monoisotopic (exact) mass is 493 g/mol. The zero-order valence-electron chi connectivity index (χ0n) is 19.6. The molecule has 4 atom stereocenters. The van der Waals surface area contributed by atoms with Crippen molar-refractivity contribution in [2.45, 2.75) is 38.4 Å². The van der Waals surface area contributed by atoms with Gasteiger partial charge < -0.3 is 24.1 Å². The first-order valence-corrected chi connectivity index (χ1v) is 11.3. The number of carbonyl (C=O) groups is 2. The number of rotatable bonds is 9. The largest absolute Gasteiger partial charge is 0.503 e. The molecule has 3 rings (SSSR count). The highest BCUT2D eigenvalue weighted by molar-refractivity contribution is 5.99. The topological polar surface area (TPSA) is 104 Å². The van der Waals surface area contributed by atoms with Gasteiger partial charge in [0.05, 0.1) is 32.3 Å². The summed E-state index contributed by atoms with van der Waals surface area (Å²) < 4.78 is 47.7. The molecule has 0 unspecified atom stereocenters. The molecule has 1 aliphatic rings. The average molecular weight is 494 g/mol. The molecular weight excluding hydrogens is 464 g/mol. The Morgan fingerprint density at radius 1 is 1.23 bits per heavy atom. The minimum absolute atomic E-state index is 0.0769. The van der Waals surface area contributed by atoms with E-state index in [0.717, 1.165) is 5.56 Å². The SMILES string of the molecule is COc1ccnc(C(=O)C[C@H]2COC[C@H](Cc3ccccc3)[C@@H](OCC(F)F)[C@H](C)OC2=O)c1O. The van der Waals surface area contributed by atoms with Crippen LogP contribution in [0, 0.1) is 11.8 Å². The highest BCUT2D eigenvalue weighted by Gasteiger charge is 2.36. The molecule has 10 heteroatoms. The maximum Gasteiger partial charge on any atom is 0.312 e. The summed E-state index contributed by atoms with van der Waals surface area (Å²) in [6, 6.07) is 10.8. The molecule has 0 aliphatic carbocycles. The molecule has 2 aromatic rings. The second-order valence-electron chi connectivity index (χ2n) is 8.35. The summed E-state index contributed by atoms with van der Waals surface area (Å²) in [6.45, 7) is 0.748. The van der Waals surface area contributed by atoms with Gasteiger partial charge >= 0.3 is 5.97 Å². The predicted molar refractivity (Wildman–Crippen MR) is 121 cm³/mol. The van der Waals surface area contributed by atoms with Crippen molar-refractivity contribution in [2.75, 3.05) is 26.9 Å². The maximum absolute atomic E-state index is 12.9. The van der Waals surface area contributed by atoms with Gasteiger partial charge in [-0.05, 0) is 18.9 Å². The Kier molecular flexibility index (Phi) is 9.50. The molecule has 0 spiro atoms. The number of methoxy groups -OCH3 is 1. The second kappa shape index (κ2) is 12.6. The van der Waals surface area contributed by atoms with Crippen molar-refractivity contribution in [1.29, 1.82) is 0 Å². The third-order valence-corrected chi connectivity index (χ3v) is 5.77. The Morgan fingerprint density at radius 3 is 2.66 bits per heavy atom. The summed E-state index contributed by atoms with van der Waals surface area (Å²) >= 11 is 0. The lowest BCUT2D eigenvalue weighted by atomic mass is 9.91. The van der Waals surface area contributed by atoms with E-state index in [2.05, 4.69) is 4.98 Å². The molecule has 1 fully saturated rings. The van der Waals surface area contributed by atoms with Crippen molar-refractivity contribution in [3.05, 3.63) is 53.9 Å². The highest BCUT2D eigenvalue weighted by Crippen LogP contribution is 2.30. The van der Waals surface area contributed by atoms with Crippen LogP contribution in [0.1, 0.15) is 29.4 Å². The average Bonchev–Trinajstić information content (AvgIpc) is 2.87. The number of cyclic esters (lactones) is 1. The fraction of sp³-hybridized carbons (Fsp3) is 0.480. The molecule has 35 heavy (non-hydrogen) atoms. The van der Waals surface area contributed by atoms with Crippen LogP contribution in [0.15, 0.2) is 42.6 Å². The summed E-state index contributed by atoms with van der Waals surface area (Å²) in [5, 5.41) is 10.2. The van der Waals surface area contributed by atoms with Gasteiger partial charge in [-0.15, -0.1) is 0 Å². The molecule has 1 N–H and O–H groups in total. The van der Waals surface area contributed by atoms with Crippen molar-refractivity contribution in [1.82, 2.24) is 4.98 Å². The van der Waals surface area contributed by atoms with E-state index in [9.17, 15) is 23.5 Å². The predicted octanol–water partition coefficient (Wildman–Crippen LogP) is 3.46. The van der Waals surface area contributed by atoms with E-state index in [1.165, 1.54) is 19.4 Å². The van der Waals surface area contributed by atoms with E-state index >= 15 is 0 Å². The number of hydrogen-bond donors (Lipinski definition) is 1. The van der Waals surface area contributed by atoms with Crippen LogP contribution in [0.4, 0.5) is 8.78 Å². The number of aromatic hydroxyl groups is 1. The number of ether oxygens (including phenoxy) is 4. The summed E-state index contributed by atoms with van der Waals surface area (Å²) in [4.78, 5) is 29.6. The quantitative estimate of drug-likeness (QED) is 0.419. The van der Waals surface area contributed by atoms with Crippen LogP contribution in [0.5, 0.6) is 11.5 Å². The van der Waals surface area contributed by atoms with Crippen LogP contribution in [0.3, 0.4) is 0 Å². The number of Topliss-reactive ketones (excluding diaryl/α,β-unsaturated/α-hetero) is 1. The fourth-order valence-electron chi connectivity index (χ4n) is 4.07. The van der Waals surface area contributed by atoms with Gasteiger partial charge in [-0.3, -0.25) is 9.59 Å². The van der Waals surface area contributed by atoms with Gasteiger partial charge in [0.2, 0.25) is 0 Å². The number of pyridine rings is 1. The number of esters is 1. The second-order valence-corrected chi connectivity index (χ2v) is 8.35. The number of carbonyl (C=O) groups excluding carboxylic acids is 2. The maximum atomic E-state index is 12.9. The van der Waals surface area contributed by atoms with E-state index in [0.29, 0.717) is 6.42 Å². The lowest BCUT2D eigenvalue weighted by Crippen LogP contribution is -2.41. The third-order valence-electron chi connectivity index (χ3n) is 5.77. The Hall–Kier alpha value is -3.11. The third kappa shape index (κ3) is 7.19. The molecule has 190 valence electrons. The van der Waals surface area contributed by atoms with Crippen molar-refractivity contribution in [2.24, 2.45) is 11.8 Å². The summed E-state index contributed by atoms with van der Waals surface area (Å²) in [7, 11) is 1.34. The zero-order chi connectivity index (χ0) is 25.4. The Balaban J connectivity index is 1.77. The Morgan fingerprint density at radius 2 is 1.97 bits per heavy atom. The van der Waals surface area contributed by atoms with Crippen molar-refractivity contribution in [3.63, 3.8) is 0 Å². The Bertz CT molecular complexity index is 989. The molecule has 2 heterocycles. The van der Waals surface area contributed by atoms with E-state index < -0.39 is 48.7 Å². The fourth-order valence-corrected chi connectivity index (χ4v) is 4.07. The summed E-state index contributed by atoms with van der Waals surface area (Å²) in [6.07, 6.45) is -2.94. The summed E-state index contributed by atoms with van der Waals surface area (Å²) in [5.41, 5.74) is 0.723. The van der Waals surface area contributed by atoms with E-state index in [1.54, 1.807) is 6.92 Å². The van der Waals surface area contributed by atoms with E-state index in [-0.39, 0.29) is 37.0 Å².